The number of nitrogens with zero attached hydrogens (tertiary/aromatic N) is 2. The second-order valence-corrected chi connectivity index (χ2v) is 6.44. The summed E-state index contributed by atoms with van der Waals surface area (Å²) in [5.74, 6) is 1.85. The Morgan fingerprint density at radius 3 is 2.70 bits per heavy atom. The number of hydrogen-bond acceptors (Lipinski definition) is 3. The summed E-state index contributed by atoms with van der Waals surface area (Å²) in [5, 5.41) is 3.54. The lowest BCUT2D eigenvalue weighted by Gasteiger charge is -2.19. The Labute approximate surface area is 123 Å². The summed E-state index contributed by atoms with van der Waals surface area (Å²) in [6.07, 6.45) is 4.86. The van der Waals surface area contributed by atoms with E-state index >= 15 is 0 Å². The van der Waals surface area contributed by atoms with Crippen LogP contribution in [0, 0.1) is 5.92 Å². The smallest absolute Gasteiger partial charge is 0.129 e. The summed E-state index contributed by atoms with van der Waals surface area (Å²) in [4.78, 5) is 7.18. The van der Waals surface area contributed by atoms with Gasteiger partial charge in [0.2, 0.25) is 0 Å². The fourth-order valence-electron chi connectivity index (χ4n) is 2.45. The Hall–Kier alpha value is -1.09. The van der Waals surface area contributed by atoms with Crippen molar-refractivity contribution in [2.75, 3.05) is 18.5 Å². The van der Waals surface area contributed by atoms with Crippen LogP contribution in [0.25, 0.3) is 0 Å². The van der Waals surface area contributed by atoms with E-state index in [0.717, 1.165) is 37.8 Å². The number of aromatic nitrogens is 1. The van der Waals surface area contributed by atoms with E-state index in [1.807, 2.05) is 0 Å². The maximum absolute atomic E-state index is 4.83. The van der Waals surface area contributed by atoms with Crippen LogP contribution in [0.4, 0.5) is 5.82 Å². The van der Waals surface area contributed by atoms with Crippen LogP contribution in [0.3, 0.4) is 0 Å². The van der Waals surface area contributed by atoms with Gasteiger partial charge in [0.15, 0.2) is 0 Å². The van der Waals surface area contributed by atoms with Gasteiger partial charge in [-0.15, -0.1) is 0 Å². The predicted molar refractivity (Wildman–Crippen MR) is 86.2 cm³/mol. The molecule has 1 heterocycles. The molecular formula is C17H29N3. The van der Waals surface area contributed by atoms with Crippen LogP contribution in [0.1, 0.15) is 51.3 Å². The maximum atomic E-state index is 4.83. The molecule has 1 fully saturated rings. The summed E-state index contributed by atoms with van der Waals surface area (Å²) in [7, 11) is 2.18. The van der Waals surface area contributed by atoms with Gasteiger partial charge in [-0.2, -0.15) is 0 Å². The van der Waals surface area contributed by atoms with E-state index < -0.39 is 0 Å². The van der Waals surface area contributed by atoms with E-state index in [0.29, 0.717) is 5.92 Å². The standard InChI is InChI=1S/C17H29N3/c1-5-6-15-9-14(12-18-11-13(2)3)10-17(19-15)20(4)16-7-8-16/h9-10,13,16,18H,5-8,11-12H2,1-4H3. The highest BCUT2D eigenvalue weighted by molar-refractivity contribution is 5.44. The second-order valence-electron chi connectivity index (χ2n) is 6.44. The number of aryl methyl sites for hydroxylation is 1. The molecule has 3 nitrogen and oxygen atoms in total. The lowest BCUT2D eigenvalue weighted by molar-refractivity contribution is 0.552. The molecule has 1 aromatic heterocycles. The average Bonchev–Trinajstić information content (AvgIpc) is 3.22. The van der Waals surface area contributed by atoms with Crippen molar-refractivity contribution in [3.8, 4) is 0 Å². The van der Waals surface area contributed by atoms with E-state index in [1.54, 1.807) is 0 Å². The third kappa shape index (κ3) is 4.48. The first-order valence-corrected chi connectivity index (χ1v) is 8.03. The summed E-state index contributed by atoms with van der Waals surface area (Å²) >= 11 is 0. The Balaban J connectivity index is 2.08. The number of rotatable bonds is 8. The molecule has 0 amide bonds. The minimum atomic E-state index is 0.695. The van der Waals surface area contributed by atoms with Gasteiger partial charge in [-0.05, 0) is 49.4 Å². The van der Waals surface area contributed by atoms with Crippen molar-refractivity contribution in [1.29, 1.82) is 0 Å². The van der Waals surface area contributed by atoms with Gasteiger partial charge in [-0.3, -0.25) is 0 Å². The summed E-state index contributed by atoms with van der Waals surface area (Å²) in [6, 6.07) is 5.24. The van der Waals surface area contributed by atoms with E-state index in [-0.39, 0.29) is 0 Å². The molecule has 0 aliphatic heterocycles. The van der Waals surface area contributed by atoms with Crippen LogP contribution in [0.5, 0.6) is 0 Å². The Morgan fingerprint density at radius 2 is 2.10 bits per heavy atom. The fraction of sp³-hybridized carbons (Fsp3) is 0.706. The van der Waals surface area contributed by atoms with Crippen molar-refractivity contribution in [3.05, 3.63) is 23.4 Å². The van der Waals surface area contributed by atoms with Crippen molar-refractivity contribution in [1.82, 2.24) is 10.3 Å². The molecule has 1 N–H and O–H groups in total. The maximum Gasteiger partial charge on any atom is 0.129 e. The lowest BCUT2D eigenvalue weighted by Crippen LogP contribution is -2.23. The minimum absolute atomic E-state index is 0.695. The molecule has 1 aromatic rings. The van der Waals surface area contributed by atoms with Gasteiger partial charge in [0.1, 0.15) is 5.82 Å². The van der Waals surface area contributed by atoms with Gasteiger partial charge in [0.05, 0.1) is 0 Å². The second kappa shape index (κ2) is 7.07. The molecule has 0 bridgehead atoms. The zero-order chi connectivity index (χ0) is 14.5. The zero-order valence-electron chi connectivity index (χ0n) is 13.4. The first-order chi connectivity index (χ1) is 9.60. The summed E-state index contributed by atoms with van der Waals surface area (Å²) < 4.78 is 0. The van der Waals surface area contributed by atoms with Crippen molar-refractivity contribution < 1.29 is 0 Å². The van der Waals surface area contributed by atoms with Crippen molar-refractivity contribution in [2.45, 2.75) is 59.0 Å². The molecule has 0 saturated heterocycles. The normalized spacial score (nSPS) is 14.8. The molecule has 1 saturated carbocycles. The topological polar surface area (TPSA) is 28.2 Å². The van der Waals surface area contributed by atoms with Crippen LogP contribution in [0.2, 0.25) is 0 Å². The van der Waals surface area contributed by atoms with Crippen LogP contribution in [-0.2, 0) is 13.0 Å². The Morgan fingerprint density at radius 1 is 1.35 bits per heavy atom. The Bertz CT molecular complexity index is 424. The highest BCUT2D eigenvalue weighted by Crippen LogP contribution is 2.29. The van der Waals surface area contributed by atoms with Gasteiger partial charge >= 0.3 is 0 Å². The van der Waals surface area contributed by atoms with Crippen LogP contribution < -0.4 is 10.2 Å². The SMILES string of the molecule is CCCc1cc(CNCC(C)C)cc(N(C)C2CC2)n1. The van der Waals surface area contributed by atoms with E-state index in [4.69, 9.17) is 4.98 Å². The summed E-state index contributed by atoms with van der Waals surface area (Å²) in [5.41, 5.74) is 2.60. The predicted octanol–water partition coefficient (Wildman–Crippen LogP) is 3.38. The van der Waals surface area contributed by atoms with E-state index in [2.05, 4.69) is 50.2 Å². The van der Waals surface area contributed by atoms with Gasteiger partial charge in [-0.1, -0.05) is 27.2 Å². The number of anilines is 1. The van der Waals surface area contributed by atoms with E-state index in [1.165, 1.54) is 24.1 Å². The molecule has 3 heteroatoms. The Kier molecular flexibility index (Phi) is 5.41. The van der Waals surface area contributed by atoms with Crippen molar-refractivity contribution in [2.24, 2.45) is 5.92 Å². The molecule has 112 valence electrons. The first kappa shape index (κ1) is 15.3. The third-order valence-electron chi connectivity index (χ3n) is 3.77. The van der Waals surface area contributed by atoms with Gasteiger partial charge in [0, 0.05) is 25.3 Å². The fourth-order valence-corrected chi connectivity index (χ4v) is 2.45. The molecule has 2 rings (SSSR count). The minimum Gasteiger partial charge on any atom is -0.357 e. The average molecular weight is 275 g/mol. The molecule has 0 spiro atoms. The molecule has 0 aromatic carbocycles. The zero-order valence-corrected chi connectivity index (χ0v) is 13.4. The van der Waals surface area contributed by atoms with Gasteiger partial charge in [0.25, 0.3) is 0 Å². The number of pyridine rings is 1. The van der Waals surface area contributed by atoms with Gasteiger partial charge < -0.3 is 10.2 Å². The monoisotopic (exact) mass is 275 g/mol. The van der Waals surface area contributed by atoms with Crippen LogP contribution >= 0.6 is 0 Å². The quantitative estimate of drug-likeness (QED) is 0.788. The number of nitrogens with one attached hydrogen (secondary N) is 1. The number of hydrogen-bond donors (Lipinski definition) is 1. The lowest BCUT2D eigenvalue weighted by atomic mass is 10.1. The largest absolute Gasteiger partial charge is 0.357 e. The van der Waals surface area contributed by atoms with E-state index in [9.17, 15) is 0 Å². The van der Waals surface area contributed by atoms with Crippen molar-refractivity contribution in [3.63, 3.8) is 0 Å². The van der Waals surface area contributed by atoms with Gasteiger partial charge in [-0.25, -0.2) is 4.98 Å². The molecule has 0 atom stereocenters. The third-order valence-corrected chi connectivity index (χ3v) is 3.77. The van der Waals surface area contributed by atoms with Crippen LogP contribution in [-0.4, -0.2) is 24.6 Å². The molecule has 0 unspecified atom stereocenters. The van der Waals surface area contributed by atoms with Crippen LogP contribution in [0.15, 0.2) is 12.1 Å². The summed E-state index contributed by atoms with van der Waals surface area (Å²) in [6.45, 7) is 8.72. The molecule has 1 aliphatic rings. The first-order valence-electron chi connectivity index (χ1n) is 8.03. The van der Waals surface area contributed by atoms with Crippen molar-refractivity contribution >= 4 is 5.82 Å². The highest BCUT2D eigenvalue weighted by Gasteiger charge is 2.27. The molecule has 0 radical (unpaired) electrons. The molecule has 1 aliphatic carbocycles. The molecule has 20 heavy (non-hydrogen) atoms. The highest BCUT2D eigenvalue weighted by atomic mass is 15.2. The molecular weight excluding hydrogens is 246 g/mol.